The Balaban J connectivity index is 1.81. The number of carbonyl (C=O) groups is 1. The van der Waals surface area contributed by atoms with Crippen molar-refractivity contribution in [3.63, 3.8) is 0 Å². The van der Waals surface area contributed by atoms with Crippen LogP contribution in [0.5, 0.6) is 0 Å². The van der Waals surface area contributed by atoms with Gasteiger partial charge in [-0.3, -0.25) is 9.59 Å². The number of rotatable bonds is 2. The van der Waals surface area contributed by atoms with Crippen LogP contribution in [0.2, 0.25) is 0 Å². The number of aromatic nitrogens is 1. The summed E-state index contributed by atoms with van der Waals surface area (Å²) in [6.07, 6.45) is 3.71. The van der Waals surface area contributed by atoms with Crippen LogP contribution in [0.3, 0.4) is 0 Å². The predicted molar refractivity (Wildman–Crippen MR) is 95.7 cm³/mol. The van der Waals surface area contributed by atoms with Crippen LogP contribution in [0.15, 0.2) is 53.5 Å². The molecule has 1 amide bonds. The second kappa shape index (κ2) is 5.64. The van der Waals surface area contributed by atoms with Crippen molar-refractivity contribution in [2.24, 2.45) is 0 Å². The summed E-state index contributed by atoms with van der Waals surface area (Å²) in [6.45, 7) is 2.80. The van der Waals surface area contributed by atoms with Crippen molar-refractivity contribution in [3.05, 3.63) is 75.6 Å². The lowest BCUT2D eigenvalue weighted by Crippen LogP contribution is -2.25. The maximum Gasteiger partial charge on any atom is 0.261 e. The van der Waals surface area contributed by atoms with E-state index >= 15 is 0 Å². The van der Waals surface area contributed by atoms with Gasteiger partial charge in [-0.2, -0.15) is 0 Å². The minimum absolute atomic E-state index is 0.197. The van der Waals surface area contributed by atoms with Gasteiger partial charge in [0.15, 0.2) is 0 Å². The molecular weight excluding hydrogens is 300 g/mol. The number of pyridine rings is 1. The van der Waals surface area contributed by atoms with Crippen LogP contribution in [-0.2, 0) is 13.0 Å². The number of carbonyl (C=O) groups excluding carboxylic acids is 1. The molecule has 1 N–H and O–H groups in total. The van der Waals surface area contributed by atoms with E-state index in [2.05, 4.69) is 11.4 Å². The summed E-state index contributed by atoms with van der Waals surface area (Å²) in [5.74, 6) is -0.354. The molecule has 0 aliphatic carbocycles. The first-order valence-corrected chi connectivity index (χ1v) is 8.16. The van der Waals surface area contributed by atoms with E-state index in [-0.39, 0.29) is 16.9 Å². The van der Waals surface area contributed by atoms with Crippen molar-refractivity contribution in [3.8, 4) is 0 Å². The Hall–Kier alpha value is -2.88. The summed E-state index contributed by atoms with van der Waals surface area (Å²) in [5.41, 5.74) is 3.91. The number of hydrogen-bond donors (Lipinski definition) is 1. The number of aryl methyl sites for hydroxylation is 3. The summed E-state index contributed by atoms with van der Waals surface area (Å²) in [6, 6.07) is 13.3. The monoisotopic (exact) mass is 318 g/mol. The molecule has 0 fully saturated rings. The van der Waals surface area contributed by atoms with Gasteiger partial charge in [0, 0.05) is 23.8 Å². The van der Waals surface area contributed by atoms with Crippen molar-refractivity contribution in [1.29, 1.82) is 0 Å². The van der Waals surface area contributed by atoms with Gasteiger partial charge in [-0.25, -0.2) is 0 Å². The molecule has 4 rings (SSSR count). The minimum Gasteiger partial charge on any atom is -0.346 e. The fourth-order valence-electron chi connectivity index (χ4n) is 3.44. The maximum absolute atomic E-state index is 12.8. The van der Waals surface area contributed by atoms with Crippen LogP contribution < -0.4 is 10.7 Å². The lowest BCUT2D eigenvalue weighted by atomic mass is 9.99. The molecule has 0 unspecified atom stereocenters. The van der Waals surface area contributed by atoms with Crippen LogP contribution >= 0.6 is 0 Å². The van der Waals surface area contributed by atoms with E-state index in [0.29, 0.717) is 11.1 Å². The molecule has 1 aromatic heterocycles. The number of para-hydroxylation sites is 1. The largest absolute Gasteiger partial charge is 0.346 e. The Labute approximate surface area is 139 Å². The lowest BCUT2D eigenvalue weighted by molar-refractivity contribution is 0.102. The Bertz CT molecular complexity index is 1020. The first-order chi connectivity index (χ1) is 11.6. The topological polar surface area (TPSA) is 51.1 Å². The van der Waals surface area contributed by atoms with Crippen LogP contribution in [0.1, 0.15) is 27.9 Å². The lowest BCUT2D eigenvalue weighted by Gasteiger charge is -2.20. The van der Waals surface area contributed by atoms with Crippen molar-refractivity contribution >= 4 is 22.5 Å². The first kappa shape index (κ1) is 14.7. The molecule has 3 aromatic rings. The average molecular weight is 318 g/mol. The zero-order valence-electron chi connectivity index (χ0n) is 13.5. The summed E-state index contributed by atoms with van der Waals surface area (Å²) in [4.78, 5) is 25.4. The van der Waals surface area contributed by atoms with Gasteiger partial charge >= 0.3 is 0 Å². The molecule has 0 saturated carbocycles. The molecule has 0 atom stereocenters. The van der Waals surface area contributed by atoms with Gasteiger partial charge in [0.25, 0.3) is 5.91 Å². The van der Waals surface area contributed by atoms with Crippen molar-refractivity contribution in [1.82, 2.24) is 4.57 Å². The average Bonchev–Trinajstić information content (AvgIpc) is 2.58. The Kier molecular flexibility index (Phi) is 3.45. The molecule has 0 bridgehead atoms. The highest BCUT2D eigenvalue weighted by molar-refractivity contribution is 6.06. The van der Waals surface area contributed by atoms with Gasteiger partial charge in [0.05, 0.1) is 5.52 Å². The second-order valence-electron chi connectivity index (χ2n) is 6.31. The van der Waals surface area contributed by atoms with E-state index in [1.165, 1.54) is 5.56 Å². The molecule has 1 aliphatic rings. The van der Waals surface area contributed by atoms with Gasteiger partial charge in [-0.15, -0.1) is 0 Å². The number of benzene rings is 2. The quantitative estimate of drug-likeness (QED) is 0.786. The van der Waals surface area contributed by atoms with E-state index < -0.39 is 0 Å². The van der Waals surface area contributed by atoms with Crippen LogP contribution in [0.25, 0.3) is 10.9 Å². The summed E-state index contributed by atoms with van der Waals surface area (Å²) in [7, 11) is 0. The Morgan fingerprint density at radius 3 is 2.83 bits per heavy atom. The molecule has 4 heteroatoms. The number of hydrogen-bond acceptors (Lipinski definition) is 2. The maximum atomic E-state index is 12.8. The van der Waals surface area contributed by atoms with Crippen molar-refractivity contribution in [2.75, 3.05) is 5.32 Å². The zero-order valence-corrected chi connectivity index (χ0v) is 13.5. The van der Waals surface area contributed by atoms with E-state index in [9.17, 15) is 9.59 Å². The molecule has 2 heterocycles. The normalized spacial score (nSPS) is 13.0. The van der Waals surface area contributed by atoms with Crippen LogP contribution in [0.4, 0.5) is 5.69 Å². The highest BCUT2D eigenvalue weighted by Crippen LogP contribution is 2.23. The predicted octanol–water partition coefficient (Wildman–Crippen LogP) is 3.51. The number of anilines is 1. The third-order valence-corrected chi connectivity index (χ3v) is 4.55. The van der Waals surface area contributed by atoms with E-state index in [0.717, 1.165) is 30.5 Å². The van der Waals surface area contributed by atoms with Gasteiger partial charge in [0.1, 0.15) is 5.56 Å². The molecule has 0 saturated heterocycles. The molecule has 0 spiro atoms. The molecule has 120 valence electrons. The molecule has 0 radical (unpaired) electrons. The summed E-state index contributed by atoms with van der Waals surface area (Å²) >= 11 is 0. The van der Waals surface area contributed by atoms with E-state index in [1.807, 2.05) is 47.9 Å². The number of nitrogens with zero attached hydrogens (tertiary/aromatic N) is 1. The molecule has 24 heavy (non-hydrogen) atoms. The first-order valence-electron chi connectivity index (χ1n) is 8.16. The van der Waals surface area contributed by atoms with Crippen LogP contribution in [0, 0.1) is 6.92 Å². The van der Waals surface area contributed by atoms with E-state index in [4.69, 9.17) is 0 Å². The van der Waals surface area contributed by atoms with Gasteiger partial charge in [0.2, 0.25) is 5.43 Å². The molecule has 1 aliphatic heterocycles. The third-order valence-electron chi connectivity index (χ3n) is 4.55. The second-order valence-corrected chi connectivity index (χ2v) is 6.31. The highest BCUT2D eigenvalue weighted by Gasteiger charge is 2.19. The SMILES string of the molecule is Cc1cccc(NC(=O)c2cn3c4c(cccc4c2=O)CCC3)c1. The number of amides is 1. The summed E-state index contributed by atoms with van der Waals surface area (Å²) < 4.78 is 2.04. The fraction of sp³-hybridized carbons (Fsp3) is 0.200. The van der Waals surface area contributed by atoms with E-state index in [1.54, 1.807) is 6.20 Å². The van der Waals surface area contributed by atoms with Crippen molar-refractivity contribution in [2.45, 2.75) is 26.3 Å². The third kappa shape index (κ3) is 2.40. The number of nitrogens with one attached hydrogen (secondary N) is 1. The Morgan fingerprint density at radius 2 is 2.00 bits per heavy atom. The van der Waals surface area contributed by atoms with Crippen LogP contribution in [-0.4, -0.2) is 10.5 Å². The highest BCUT2D eigenvalue weighted by atomic mass is 16.2. The zero-order chi connectivity index (χ0) is 16.7. The van der Waals surface area contributed by atoms with Gasteiger partial charge in [-0.05, 0) is 49.1 Å². The fourth-order valence-corrected chi connectivity index (χ4v) is 3.44. The standard InChI is InChI=1S/C20H18N2O2/c1-13-5-2-8-15(11-13)21-20(24)17-12-22-10-4-7-14-6-3-9-16(18(14)22)19(17)23/h2-3,5-6,8-9,11-12H,4,7,10H2,1H3,(H,21,24). The van der Waals surface area contributed by atoms with Gasteiger partial charge in [-0.1, -0.05) is 24.3 Å². The van der Waals surface area contributed by atoms with Gasteiger partial charge < -0.3 is 9.88 Å². The molecular formula is C20H18N2O2. The smallest absolute Gasteiger partial charge is 0.261 e. The minimum atomic E-state index is -0.354. The summed E-state index contributed by atoms with van der Waals surface area (Å²) in [5, 5.41) is 3.47. The van der Waals surface area contributed by atoms with Crippen molar-refractivity contribution < 1.29 is 4.79 Å². The molecule has 4 nitrogen and oxygen atoms in total. The Morgan fingerprint density at radius 1 is 1.17 bits per heavy atom. The molecule has 2 aromatic carbocycles.